The van der Waals surface area contributed by atoms with Crippen LogP contribution in [0.25, 0.3) is 11.0 Å². The number of aromatic nitrogens is 2. The Morgan fingerprint density at radius 3 is 2.69 bits per heavy atom. The number of carbonyl (C=O) groups is 1. The van der Waals surface area contributed by atoms with Crippen LogP contribution in [0.5, 0.6) is 0 Å². The Hall–Kier alpha value is -1.69. The van der Waals surface area contributed by atoms with Crippen LogP contribution in [-0.4, -0.2) is 34.9 Å². The number of benzene rings is 1. The number of halogens is 1. The number of imidazole rings is 1. The highest BCUT2D eigenvalue weighted by Crippen LogP contribution is 2.18. The predicted molar refractivity (Wildman–Crippen MR) is 61.5 cm³/mol. The van der Waals surface area contributed by atoms with E-state index in [-0.39, 0.29) is 11.5 Å². The Labute approximate surface area is 96.1 Å². The zero-order valence-electron chi connectivity index (χ0n) is 8.80. The summed E-state index contributed by atoms with van der Waals surface area (Å²) in [6, 6.07) is 2.50. The molecule has 1 aromatic carbocycles. The Balaban J connectivity index is 2.76. The standard InChI is InChI=1S/C10H10FN3OS/c1-14(2)9(15)6-3-5(11)4-7-8(6)13-10(16)12-7/h3-4H,1-2H3,(H2,12,13,16). The molecule has 16 heavy (non-hydrogen) atoms. The van der Waals surface area contributed by atoms with Crippen LogP contribution in [0.3, 0.4) is 0 Å². The molecule has 1 heterocycles. The van der Waals surface area contributed by atoms with Crippen LogP contribution in [0.15, 0.2) is 12.1 Å². The van der Waals surface area contributed by atoms with Crippen molar-refractivity contribution in [3.05, 3.63) is 28.3 Å². The molecule has 0 atom stereocenters. The maximum Gasteiger partial charge on any atom is 0.255 e. The molecule has 0 saturated heterocycles. The summed E-state index contributed by atoms with van der Waals surface area (Å²) in [6.07, 6.45) is 0. The third-order valence-corrected chi connectivity index (χ3v) is 2.43. The summed E-state index contributed by atoms with van der Waals surface area (Å²) in [4.78, 5) is 18.8. The third kappa shape index (κ3) is 1.71. The lowest BCUT2D eigenvalue weighted by Gasteiger charge is -2.10. The van der Waals surface area contributed by atoms with Crippen molar-refractivity contribution in [3.8, 4) is 0 Å². The van der Waals surface area contributed by atoms with Gasteiger partial charge in [0.25, 0.3) is 5.91 Å². The largest absolute Gasteiger partial charge is 0.345 e. The molecule has 2 rings (SSSR count). The molecule has 0 radical (unpaired) electrons. The van der Waals surface area contributed by atoms with E-state index in [1.54, 1.807) is 14.1 Å². The van der Waals surface area contributed by atoms with E-state index in [1.807, 2.05) is 0 Å². The molecule has 2 N–H and O–H groups in total. The molecular formula is C10H10FN3OS. The second kappa shape index (κ2) is 3.71. The summed E-state index contributed by atoms with van der Waals surface area (Å²) in [5.41, 5.74) is 1.30. The van der Waals surface area contributed by atoms with Crippen LogP contribution >= 0.6 is 12.2 Å². The average molecular weight is 239 g/mol. The van der Waals surface area contributed by atoms with Gasteiger partial charge < -0.3 is 14.9 Å². The van der Waals surface area contributed by atoms with Gasteiger partial charge in [-0.1, -0.05) is 0 Å². The van der Waals surface area contributed by atoms with E-state index in [2.05, 4.69) is 9.97 Å². The number of fused-ring (bicyclic) bond motifs is 1. The van der Waals surface area contributed by atoms with Crippen LogP contribution in [0.1, 0.15) is 10.4 Å². The Bertz CT molecular complexity index is 614. The van der Waals surface area contributed by atoms with Crippen molar-refractivity contribution in [3.63, 3.8) is 0 Å². The smallest absolute Gasteiger partial charge is 0.255 e. The second-order valence-electron chi connectivity index (χ2n) is 3.65. The molecule has 1 aromatic heterocycles. The first-order chi connectivity index (χ1) is 7.49. The summed E-state index contributed by atoms with van der Waals surface area (Å²) >= 11 is 4.91. The first-order valence-corrected chi connectivity index (χ1v) is 5.03. The predicted octanol–water partition coefficient (Wildman–Crippen LogP) is 2.07. The molecule has 1 amide bonds. The Kier molecular flexibility index (Phi) is 2.51. The summed E-state index contributed by atoms with van der Waals surface area (Å²) in [7, 11) is 3.22. The Morgan fingerprint density at radius 2 is 2.06 bits per heavy atom. The van der Waals surface area contributed by atoms with Gasteiger partial charge in [0.1, 0.15) is 5.82 Å². The van der Waals surface area contributed by atoms with Gasteiger partial charge >= 0.3 is 0 Å². The number of nitrogens with zero attached hydrogens (tertiary/aromatic N) is 1. The molecule has 0 bridgehead atoms. The van der Waals surface area contributed by atoms with Gasteiger partial charge in [-0.2, -0.15) is 0 Å². The minimum Gasteiger partial charge on any atom is -0.345 e. The summed E-state index contributed by atoms with van der Waals surface area (Å²) < 4.78 is 13.7. The number of carbonyl (C=O) groups excluding carboxylic acids is 1. The lowest BCUT2D eigenvalue weighted by molar-refractivity contribution is 0.0829. The zero-order valence-corrected chi connectivity index (χ0v) is 9.61. The Morgan fingerprint density at radius 1 is 1.38 bits per heavy atom. The lowest BCUT2D eigenvalue weighted by Crippen LogP contribution is -2.22. The maximum atomic E-state index is 13.3. The minimum absolute atomic E-state index is 0.269. The molecule has 2 aromatic rings. The number of nitrogens with one attached hydrogen (secondary N) is 2. The normalized spacial score (nSPS) is 10.7. The van der Waals surface area contributed by atoms with Crippen molar-refractivity contribution < 1.29 is 9.18 Å². The van der Waals surface area contributed by atoms with E-state index in [1.165, 1.54) is 17.0 Å². The fourth-order valence-electron chi connectivity index (χ4n) is 1.52. The quantitative estimate of drug-likeness (QED) is 0.748. The molecule has 4 nitrogen and oxygen atoms in total. The molecule has 0 unspecified atom stereocenters. The first kappa shape index (κ1) is 10.8. The first-order valence-electron chi connectivity index (χ1n) is 4.62. The van der Waals surface area contributed by atoms with Gasteiger partial charge in [-0.15, -0.1) is 0 Å². The fourth-order valence-corrected chi connectivity index (χ4v) is 1.73. The molecule has 0 spiro atoms. The van der Waals surface area contributed by atoms with Gasteiger partial charge in [0, 0.05) is 14.1 Å². The summed E-state index contributed by atoms with van der Waals surface area (Å²) in [5.74, 6) is -0.738. The fraction of sp³-hybridized carbons (Fsp3) is 0.200. The molecule has 84 valence electrons. The monoisotopic (exact) mass is 239 g/mol. The van der Waals surface area contributed by atoms with Crippen molar-refractivity contribution in [2.75, 3.05) is 14.1 Å². The van der Waals surface area contributed by atoms with Gasteiger partial charge in [-0.05, 0) is 24.4 Å². The van der Waals surface area contributed by atoms with Crippen molar-refractivity contribution in [2.24, 2.45) is 0 Å². The molecule has 0 fully saturated rings. The van der Waals surface area contributed by atoms with Crippen LogP contribution in [0, 0.1) is 10.6 Å². The summed E-state index contributed by atoms with van der Waals surface area (Å²) in [5, 5.41) is 0. The molecule has 0 aliphatic heterocycles. The van der Waals surface area contributed by atoms with Crippen LogP contribution in [0.2, 0.25) is 0 Å². The molecule has 0 saturated carbocycles. The third-order valence-electron chi connectivity index (χ3n) is 2.23. The van der Waals surface area contributed by atoms with E-state index >= 15 is 0 Å². The van der Waals surface area contributed by atoms with Crippen LogP contribution in [0.4, 0.5) is 4.39 Å². The zero-order chi connectivity index (χ0) is 11.9. The van der Waals surface area contributed by atoms with E-state index < -0.39 is 5.82 Å². The molecule has 0 aliphatic carbocycles. The van der Waals surface area contributed by atoms with Crippen molar-refractivity contribution in [1.82, 2.24) is 14.9 Å². The number of rotatable bonds is 1. The number of hydrogen-bond acceptors (Lipinski definition) is 2. The maximum absolute atomic E-state index is 13.3. The summed E-state index contributed by atoms with van der Waals surface area (Å²) in [6.45, 7) is 0. The number of hydrogen-bond donors (Lipinski definition) is 2. The number of H-pyrrole nitrogens is 2. The second-order valence-corrected chi connectivity index (χ2v) is 4.06. The van der Waals surface area contributed by atoms with E-state index in [4.69, 9.17) is 12.2 Å². The van der Waals surface area contributed by atoms with E-state index in [0.29, 0.717) is 15.8 Å². The number of amides is 1. The lowest BCUT2D eigenvalue weighted by atomic mass is 10.1. The molecule has 0 aliphatic rings. The highest BCUT2D eigenvalue weighted by molar-refractivity contribution is 7.71. The van der Waals surface area contributed by atoms with Crippen molar-refractivity contribution >= 4 is 29.2 Å². The average Bonchev–Trinajstić information content (AvgIpc) is 2.55. The van der Waals surface area contributed by atoms with Crippen molar-refractivity contribution in [1.29, 1.82) is 0 Å². The van der Waals surface area contributed by atoms with E-state index in [9.17, 15) is 9.18 Å². The topological polar surface area (TPSA) is 51.9 Å². The van der Waals surface area contributed by atoms with Gasteiger partial charge in [0.05, 0.1) is 16.6 Å². The highest BCUT2D eigenvalue weighted by Gasteiger charge is 2.15. The SMILES string of the molecule is CN(C)C(=O)c1cc(F)cc2[nH]c(=S)[nH]c12. The number of aromatic amines is 2. The highest BCUT2D eigenvalue weighted by atomic mass is 32.1. The molecular weight excluding hydrogens is 229 g/mol. The van der Waals surface area contributed by atoms with Crippen LogP contribution < -0.4 is 0 Å². The van der Waals surface area contributed by atoms with Gasteiger partial charge in [-0.25, -0.2) is 4.39 Å². The van der Waals surface area contributed by atoms with Gasteiger partial charge in [0.15, 0.2) is 4.77 Å². The van der Waals surface area contributed by atoms with Crippen LogP contribution in [-0.2, 0) is 0 Å². The molecule has 6 heteroatoms. The minimum atomic E-state index is -0.469. The van der Waals surface area contributed by atoms with Gasteiger partial charge in [-0.3, -0.25) is 4.79 Å². The van der Waals surface area contributed by atoms with Gasteiger partial charge in [0.2, 0.25) is 0 Å². The van der Waals surface area contributed by atoms with Crippen molar-refractivity contribution in [2.45, 2.75) is 0 Å². The van der Waals surface area contributed by atoms with E-state index in [0.717, 1.165) is 0 Å².